The van der Waals surface area contributed by atoms with Crippen LogP contribution in [0.1, 0.15) is 52.9 Å². The molecule has 0 aromatic heterocycles. The van der Waals surface area contributed by atoms with Gasteiger partial charge in [-0.25, -0.2) is 0 Å². The van der Waals surface area contributed by atoms with Crippen LogP contribution in [0.3, 0.4) is 0 Å². The minimum Gasteiger partial charge on any atom is -0.417 e. The van der Waals surface area contributed by atoms with Crippen LogP contribution in [0.4, 0.5) is 0 Å². The van der Waals surface area contributed by atoms with Gasteiger partial charge in [-0.15, -0.1) is 0 Å². The quantitative estimate of drug-likeness (QED) is 0.374. The zero-order chi connectivity index (χ0) is 20.2. The molecule has 0 aromatic carbocycles. The monoisotopic (exact) mass is 396 g/mol. The fourth-order valence-corrected chi connectivity index (χ4v) is 4.88. The van der Waals surface area contributed by atoms with E-state index in [1.54, 1.807) is 0 Å². The Balaban J connectivity index is 1.88. The van der Waals surface area contributed by atoms with E-state index in [-0.39, 0.29) is 34.9 Å². The average Bonchev–Trinajstić information content (AvgIpc) is 2.57. The van der Waals surface area contributed by atoms with E-state index in [1.807, 2.05) is 0 Å². The van der Waals surface area contributed by atoms with Crippen LogP contribution in [-0.2, 0) is 14.0 Å². The molecule has 2 aliphatic rings. The Labute approximate surface area is 164 Å². The maximum absolute atomic E-state index is 12.1. The predicted octanol–water partition coefficient (Wildman–Crippen LogP) is 2.97. The lowest BCUT2D eigenvalue weighted by Crippen LogP contribution is -2.65. The van der Waals surface area contributed by atoms with Crippen LogP contribution in [0.5, 0.6) is 0 Å². The van der Waals surface area contributed by atoms with Gasteiger partial charge in [0, 0.05) is 18.6 Å². The highest BCUT2D eigenvalue weighted by molar-refractivity contribution is 6.74. The van der Waals surface area contributed by atoms with Crippen molar-refractivity contribution in [1.82, 2.24) is 5.32 Å². The molecular weight excluding hydrogens is 360 g/mol. The second-order valence-electron chi connectivity index (χ2n) is 9.44. The van der Waals surface area contributed by atoms with Crippen LogP contribution < -0.4 is 5.32 Å². The van der Waals surface area contributed by atoms with Crippen LogP contribution in [-0.4, -0.2) is 50.8 Å². The van der Waals surface area contributed by atoms with Gasteiger partial charge in [-0.05, 0) is 37.4 Å². The number of amides is 1. The number of hydrogen-bond donors (Lipinski definition) is 2. The summed E-state index contributed by atoms with van der Waals surface area (Å²) < 4.78 is 11.9. The molecule has 1 heterocycles. The van der Waals surface area contributed by atoms with Gasteiger partial charge in [-0.2, -0.15) is 5.26 Å². The maximum atomic E-state index is 12.1. The lowest BCUT2D eigenvalue weighted by Gasteiger charge is -2.47. The standard InChI is InChI=1S/C20H36N2O4Si/c1-20(2,3)27(4,5)26-13-10-15-17(22-19(15)24)14-8-6-9-16(18(14)23)25-12-7-11-21/h14-18,23H,6-10,12-13H2,1-5H3,(H,22,24)/t14-,15+,16+,17?,18-/m1/s1. The summed E-state index contributed by atoms with van der Waals surface area (Å²) in [4.78, 5) is 12.1. The molecule has 0 aromatic rings. The van der Waals surface area contributed by atoms with Crippen molar-refractivity contribution in [2.75, 3.05) is 13.2 Å². The second kappa shape index (κ2) is 9.04. The summed E-state index contributed by atoms with van der Waals surface area (Å²) in [7, 11) is -1.81. The second-order valence-corrected chi connectivity index (χ2v) is 14.3. The fourth-order valence-electron chi connectivity index (χ4n) is 3.81. The van der Waals surface area contributed by atoms with E-state index in [1.165, 1.54) is 0 Å². The van der Waals surface area contributed by atoms with E-state index in [0.717, 1.165) is 19.3 Å². The Kier molecular flexibility index (Phi) is 7.48. The van der Waals surface area contributed by atoms with Crippen LogP contribution in [0.15, 0.2) is 0 Å². The van der Waals surface area contributed by atoms with E-state index >= 15 is 0 Å². The van der Waals surface area contributed by atoms with Crippen molar-refractivity contribution >= 4 is 14.2 Å². The van der Waals surface area contributed by atoms with Gasteiger partial charge >= 0.3 is 0 Å². The number of nitriles is 1. The van der Waals surface area contributed by atoms with Crippen molar-refractivity contribution in [3.8, 4) is 6.07 Å². The molecule has 2 rings (SSSR count). The number of nitrogens with one attached hydrogen (secondary N) is 1. The average molecular weight is 397 g/mol. The summed E-state index contributed by atoms with van der Waals surface area (Å²) in [6.07, 6.45) is 2.88. The molecule has 2 N–H and O–H groups in total. The zero-order valence-corrected chi connectivity index (χ0v) is 18.5. The highest BCUT2D eigenvalue weighted by Gasteiger charge is 2.48. The molecule has 2 fully saturated rings. The Morgan fingerprint density at radius 3 is 2.59 bits per heavy atom. The van der Waals surface area contributed by atoms with Crippen LogP contribution in [0.25, 0.3) is 0 Å². The number of rotatable bonds is 8. The number of ether oxygens (including phenoxy) is 1. The normalized spacial score (nSPS) is 31.7. The number of hydrogen-bond acceptors (Lipinski definition) is 5. The van der Waals surface area contributed by atoms with Crippen molar-refractivity contribution in [2.24, 2.45) is 11.8 Å². The molecule has 0 spiro atoms. The molecule has 1 amide bonds. The third kappa shape index (κ3) is 5.32. The Morgan fingerprint density at radius 2 is 2.00 bits per heavy atom. The third-order valence-electron chi connectivity index (χ3n) is 6.63. The van der Waals surface area contributed by atoms with Crippen LogP contribution in [0.2, 0.25) is 18.1 Å². The van der Waals surface area contributed by atoms with E-state index in [2.05, 4.69) is 45.3 Å². The molecular formula is C20H36N2O4Si. The molecule has 1 saturated carbocycles. The molecule has 154 valence electrons. The summed E-state index contributed by atoms with van der Waals surface area (Å²) in [6.45, 7) is 12.0. The van der Waals surface area contributed by atoms with Gasteiger partial charge < -0.3 is 19.6 Å². The zero-order valence-electron chi connectivity index (χ0n) is 17.5. The first-order valence-corrected chi connectivity index (χ1v) is 13.1. The number of carbonyl (C=O) groups excluding carboxylic acids is 1. The molecule has 27 heavy (non-hydrogen) atoms. The number of nitrogens with zero attached hydrogens (tertiary/aromatic N) is 1. The maximum Gasteiger partial charge on any atom is 0.225 e. The van der Waals surface area contributed by atoms with Gasteiger partial charge in [-0.1, -0.05) is 27.2 Å². The van der Waals surface area contributed by atoms with Crippen molar-refractivity contribution in [3.05, 3.63) is 0 Å². The van der Waals surface area contributed by atoms with Gasteiger partial charge in [0.2, 0.25) is 5.91 Å². The van der Waals surface area contributed by atoms with Gasteiger partial charge in [0.25, 0.3) is 0 Å². The predicted molar refractivity (Wildman–Crippen MR) is 107 cm³/mol. The topological polar surface area (TPSA) is 91.6 Å². The first-order valence-electron chi connectivity index (χ1n) is 10.2. The lowest BCUT2D eigenvalue weighted by atomic mass is 9.71. The smallest absolute Gasteiger partial charge is 0.225 e. The third-order valence-corrected chi connectivity index (χ3v) is 11.2. The summed E-state index contributed by atoms with van der Waals surface area (Å²) in [6, 6.07) is 2.06. The highest BCUT2D eigenvalue weighted by atomic mass is 28.4. The molecule has 1 unspecified atom stereocenters. The van der Waals surface area contributed by atoms with Crippen LogP contribution >= 0.6 is 0 Å². The lowest BCUT2D eigenvalue weighted by molar-refractivity contribution is -0.146. The first-order chi connectivity index (χ1) is 12.6. The Bertz CT molecular complexity index is 555. The first kappa shape index (κ1) is 22.3. The number of β-lactam (4-membered cyclic amide) rings is 1. The molecule has 0 radical (unpaired) electrons. The molecule has 6 nitrogen and oxygen atoms in total. The number of aliphatic hydroxyl groups is 1. The SMILES string of the molecule is CC(C)(C)[Si](C)(C)OCC[C@@H]1C(=O)NC1[C@H]1CCC[C@H](OCCC#N)[C@@H]1O. The number of carbonyl (C=O) groups is 1. The van der Waals surface area contributed by atoms with Gasteiger partial charge in [0.05, 0.1) is 37.2 Å². The van der Waals surface area contributed by atoms with Crippen molar-refractivity contribution in [2.45, 2.75) is 89.3 Å². The van der Waals surface area contributed by atoms with E-state index in [4.69, 9.17) is 14.4 Å². The molecule has 7 heteroatoms. The number of aliphatic hydroxyl groups excluding tert-OH is 1. The van der Waals surface area contributed by atoms with Gasteiger partial charge in [-0.3, -0.25) is 4.79 Å². The van der Waals surface area contributed by atoms with Crippen molar-refractivity contribution in [1.29, 1.82) is 5.26 Å². The summed E-state index contributed by atoms with van der Waals surface area (Å²) >= 11 is 0. The molecule has 5 atom stereocenters. The minimum atomic E-state index is -1.81. The fraction of sp³-hybridized carbons (Fsp3) is 0.900. The molecule has 0 bridgehead atoms. The van der Waals surface area contributed by atoms with E-state index in [9.17, 15) is 9.90 Å². The van der Waals surface area contributed by atoms with Crippen molar-refractivity contribution in [3.63, 3.8) is 0 Å². The molecule has 1 saturated heterocycles. The largest absolute Gasteiger partial charge is 0.417 e. The summed E-state index contributed by atoms with van der Waals surface area (Å²) in [5.41, 5.74) is 0. The van der Waals surface area contributed by atoms with E-state index < -0.39 is 14.4 Å². The highest BCUT2D eigenvalue weighted by Crippen LogP contribution is 2.39. The summed E-state index contributed by atoms with van der Waals surface area (Å²) in [5.74, 6) is -0.00719. The van der Waals surface area contributed by atoms with Gasteiger partial charge in [0.15, 0.2) is 8.32 Å². The molecule has 1 aliphatic heterocycles. The molecule has 1 aliphatic carbocycles. The van der Waals surface area contributed by atoms with E-state index in [0.29, 0.717) is 26.1 Å². The van der Waals surface area contributed by atoms with Gasteiger partial charge in [0.1, 0.15) is 0 Å². The van der Waals surface area contributed by atoms with Crippen molar-refractivity contribution < 1.29 is 19.1 Å². The summed E-state index contributed by atoms with van der Waals surface area (Å²) in [5, 5.41) is 22.6. The Morgan fingerprint density at radius 1 is 1.30 bits per heavy atom. The van der Waals surface area contributed by atoms with Crippen LogP contribution in [0, 0.1) is 23.2 Å². The minimum absolute atomic E-state index is 0.00196. The Hall–Kier alpha value is -0.943.